The summed E-state index contributed by atoms with van der Waals surface area (Å²) in [4.78, 5) is 24.6. The van der Waals surface area contributed by atoms with E-state index in [-0.39, 0.29) is 25.2 Å². The third kappa shape index (κ3) is 67.8. The Morgan fingerprint density at radius 1 is 0.300 bits per heavy atom. The average molecular weight is 1120 g/mol. The predicted molar refractivity (Wildman–Crippen MR) is 353 cm³/mol. The number of aliphatic hydroxyl groups excluding tert-OH is 1. The lowest BCUT2D eigenvalue weighted by Crippen LogP contribution is -2.28. The second kappa shape index (κ2) is 70.6. The minimum Gasteiger partial charge on any atom is -0.462 e. The summed E-state index contributed by atoms with van der Waals surface area (Å²) in [6.45, 7) is 4.07. The van der Waals surface area contributed by atoms with Gasteiger partial charge in [-0.05, 0) is 64.2 Å². The minimum absolute atomic E-state index is 0.0685. The van der Waals surface area contributed by atoms with Gasteiger partial charge in [0.25, 0.3) is 0 Å². The van der Waals surface area contributed by atoms with Crippen LogP contribution in [0.15, 0.2) is 72.9 Å². The van der Waals surface area contributed by atoms with Crippen molar-refractivity contribution in [2.24, 2.45) is 0 Å². The molecular weight excluding hydrogens is 981 g/mol. The van der Waals surface area contributed by atoms with Crippen molar-refractivity contribution >= 4 is 11.9 Å². The van der Waals surface area contributed by atoms with Crippen molar-refractivity contribution in [1.29, 1.82) is 0 Å². The molecule has 0 spiro atoms. The molecule has 5 nitrogen and oxygen atoms in total. The van der Waals surface area contributed by atoms with E-state index in [4.69, 9.17) is 9.47 Å². The third-order valence-electron chi connectivity index (χ3n) is 16.0. The summed E-state index contributed by atoms with van der Waals surface area (Å²) in [5.41, 5.74) is 0. The summed E-state index contributed by atoms with van der Waals surface area (Å²) < 4.78 is 10.8. The van der Waals surface area contributed by atoms with E-state index >= 15 is 0 Å². The first-order valence-electron chi connectivity index (χ1n) is 35.5. The standard InChI is InChI=1S/C75H136O5/c1-3-5-7-9-11-13-15-17-19-21-23-25-27-29-31-32-33-34-35-36-37-38-39-40-41-42-44-45-47-49-51-53-55-57-59-61-63-65-67-69-74(77)79-72-73(71-76)80-75(78)70-68-66-64-62-60-58-56-54-52-50-48-46-43-30-28-26-24-22-20-18-16-14-12-10-8-6-4-2/h6,8,12,14,18,20,24,26,30,43,48,50,73,76H,3-5,7,9-11,13,15-17,19,21-23,25,27-29,31-42,44-47,49,51-72H2,1-2H3/b8-6-,14-12-,20-18-,26-24-,43-30-,50-48-. The predicted octanol–water partition coefficient (Wildman–Crippen LogP) is 24.7. The highest BCUT2D eigenvalue weighted by molar-refractivity contribution is 5.70. The Balaban J connectivity index is 3.41. The molecule has 466 valence electrons. The van der Waals surface area contributed by atoms with Crippen molar-refractivity contribution < 1.29 is 24.2 Å². The van der Waals surface area contributed by atoms with Crippen molar-refractivity contribution in [1.82, 2.24) is 0 Å². The summed E-state index contributed by atoms with van der Waals surface area (Å²) in [7, 11) is 0. The van der Waals surface area contributed by atoms with E-state index in [2.05, 4.69) is 86.8 Å². The van der Waals surface area contributed by atoms with E-state index in [1.807, 2.05) is 0 Å². The lowest BCUT2D eigenvalue weighted by Gasteiger charge is -2.15. The molecule has 0 amide bonds. The number of carbonyl (C=O) groups excluding carboxylic acids is 2. The van der Waals surface area contributed by atoms with Gasteiger partial charge in [0.15, 0.2) is 6.10 Å². The molecule has 0 saturated carbocycles. The molecule has 0 fully saturated rings. The van der Waals surface area contributed by atoms with Gasteiger partial charge in [-0.25, -0.2) is 0 Å². The molecule has 80 heavy (non-hydrogen) atoms. The maximum Gasteiger partial charge on any atom is 0.306 e. The van der Waals surface area contributed by atoms with Crippen molar-refractivity contribution in [3.05, 3.63) is 72.9 Å². The van der Waals surface area contributed by atoms with Crippen molar-refractivity contribution in [3.8, 4) is 0 Å². The summed E-state index contributed by atoms with van der Waals surface area (Å²) >= 11 is 0. The molecule has 1 unspecified atom stereocenters. The van der Waals surface area contributed by atoms with Gasteiger partial charge in [-0.3, -0.25) is 9.59 Å². The number of carbonyl (C=O) groups is 2. The maximum absolute atomic E-state index is 12.3. The SMILES string of the molecule is CC/C=C\C/C=C\C/C=C\C/C=C\C/C=C\C/C=C\CCCCCCCCCCC(=O)OC(CO)COC(=O)CCCCCCCCCCCCCCCCCCCCCCCCCCCCCCCCCCCCCCCCC. The van der Waals surface area contributed by atoms with Gasteiger partial charge >= 0.3 is 11.9 Å². The van der Waals surface area contributed by atoms with Crippen LogP contribution in [0.1, 0.15) is 373 Å². The molecule has 0 aliphatic rings. The Bertz CT molecular complexity index is 1400. The van der Waals surface area contributed by atoms with Gasteiger partial charge in [-0.2, -0.15) is 0 Å². The topological polar surface area (TPSA) is 72.8 Å². The zero-order valence-electron chi connectivity index (χ0n) is 53.6. The van der Waals surface area contributed by atoms with E-state index in [9.17, 15) is 14.7 Å². The molecule has 5 heteroatoms. The van der Waals surface area contributed by atoms with Gasteiger partial charge in [-0.1, -0.05) is 369 Å². The molecule has 0 aromatic carbocycles. The van der Waals surface area contributed by atoms with Crippen LogP contribution in [-0.2, 0) is 19.1 Å². The van der Waals surface area contributed by atoms with Gasteiger partial charge in [0.2, 0.25) is 0 Å². The Morgan fingerprint density at radius 2 is 0.537 bits per heavy atom. The summed E-state index contributed by atoms with van der Waals surface area (Å²) in [6, 6.07) is 0. The van der Waals surface area contributed by atoms with Crippen LogP contribution in [0.25, 0.3) is 0 Å². The average Bonchev–Trinajstić information content (AvgIpc) is 3.46. The highest BCUT2D eigenvalue weighted by Gasteiger charge is 2.16. The number of esters is 2. The number of hydrogen-bond donors (Lipinski definition) is 1. The van der Waals surface area contributed by atoms with Crippen molar-refractivity contribution in [2.75, 3.05) is 13.2 Å². The molecule has 0 aromatic heterocycles. The number of aliphatic hydroxyl groups is 1. The van der Waals surface area contributed by atoms with E-state index in [0.29, 0.717) is 12.8 Å². The fraction of sp³-hybridized carbons (Fsp3) is 0.813. The lowest BCUT2D eigenvalue weighted by molar-refractivity contribution is -0.161. The monoisotopic (exact) mass is 1120 g/mol. The highest BCUT2D eigenvalue weighted by Crippen LogP contribution is 2.19. The second-order valence-electron chi connectivity index (χ2n) is 23.9. The molecular formula is C75H136O5. The number of unbranched alkanes of at least 4 members (excludes halogenated alkanes) is 46. The normalized spacial score (nSPS) is 12.6. The largest absolute Gasteiger partial charge is 0.462 e. The second-order valence-corrected chi connectivity index (χ2v) is 23.9. The minimum atomic E-state index is -0.781. The van der Waals surface area contributed by atoms with Gasteiger partial charge < -0.3 is 14.6 Å². The number of rotatable bonds is 66. The highest BCUT2D eigenvalue weighted by atomic mass is 16.6. The summed E-state index contributed by atoms with van der Waals surface area (Å²) in [6.07, 6.45) is 98.1. The lowest BCUT2D eigenvalue weighted by atomic mass is 10.0. The van der Waals surface area contributed by atoms with Crippen LogP contribution in [0.4, 0.5) is 0 Å². The Hall–Kier alpha value is -2.66. The summed E-state index contributed by atoms with van der Waals surface area (Å²) in [5.74, 6) is -0.587. The smallest absolute Gasteiger partial charge is 0.306 e. The van der Waals surface area contributed by atoms with E-state index in [1.165, 1.54) is 263 Å². The van der Waals surface area contributed by atoms with Crippen LogP contribution in [0.5, 0.6) is 0 Å². The zero-order chi connectivity index (χ0) is 57.6. The molecule has 0 rings (SSSR count). The van der Waals surface area contributed by atoms with E-state index in [1.54, 1.807) is 0 Å². The Morgan fingerprint density at radius 3 is 0.812 bits per heavy atom. The molecule has 1 N–H and O–H groups in total. The molecule has 1 atom stereocenters. The fourth-order valence-electron chi connectivity index (χ4n) is 10.7. The van der Waals surface area contributed by atoms with Crippen LogP contribution in [0.3, 0.4) is 0 Å². The summed E-state index contributed by atoms with van der Waals surface area (Å²) in [5, 5.41) is 9.70. The van der Waals surface area contributed by atoms with Crippen LogP contribution in [0, 0.1) is 0 Å². The molecule has 0 aromatic rings. The fourth-order valence-corrected chi connectivity index (χ4v) is 10.7. The first-order chi connectivity index (χ1) is 39.6. The number of ether oxygens (including phenoxy) is 2. The van der Waals surface area contributed by atoms with E-state index < -0.39 is 6.10 Å². The van der Waals surface area contributed by atoms with Crippen molar-refractivity contribution in [3.63, 3.8) is 0 Å². The third-order valence-corrected chi connectivity index (χ3v) is 16.0. The van der Waals surface area contributed by atoms with Gasteiger partial charge in [0.1, 0.15) is 6.61 Å². The van der Waals surface area contributed by atoms with Crippen LogP contribution >= 0.6 is 0 Å². The van der Waals surface area contributed by atoms with Gasteiger partial charge in [-0.15, -0.1) is 0 Å². The Labute approximate surface area is 499 Å². The molecule has 0 bridgehead atoms. The van der Waals surface area contributed by atoms with Crippen LogP contribution in [0.2, 0.25) is 0 Å². The zero-order valence-corrected chi connectivity index (χ0v) is 53.6. The van der Waals surface area contributed by atoms with Gasteiger partial charge in [0.05, 0.1) is 6.61 Å². The van der Waals surface area contributed by atoms with Crippen LogP contribution < -0.4 is 0 Å². The van der Waals surface area contributed by atoms with Crippen molar-refractivity contribution in [2.45, 2.75) is 380 Å². The van der Waals surface area contributed by atoms with Gasteiger partial charge in [0, 0.05) is 12.8 Å². The Kier molecular flexibility index (Phi) is 68.3. The molecule has 0 aliphatic heterocycles. The number of hydrogen-bond acceptors (Lipinski definition) is 5. The molecule has 0 heterocycles. The molecule has 0 radical (unpaired) electrons. The first-order valence-corrected chi connectivity index (χ1v) is 35.5. The molecule has 0 aliphatic carbocycles. The first kappa shape index (κ1) is 77.3. The molecule has 0 saturated heterocycles. The maximum atomic E-state index is 12.3. The quantitative estimate of drug-likeness (QED) is 0.0373. The number of allylic oxidation sites excluding steroid dienone is 12. The van der Waals surface area contributed by atoms with E-state index in [0.717, 1.165) is 83.5 Å². The van der Waals surface area contributed by atoms with Crippen LogP contribution in [-0.4, -0.2) is 36.4 Å².